The van der Waals surface area contributed by atoms with Gasteiger partial charge in [-0.1, -0.05) is 11.6 Å². The highest BCUT2D eigenvalue weighted by atomic mass is 35.5. The molecule has 0 spiro atoms. The minimum atomic E-state index is -0.556. The van der Waals surface area contributed by atoms with E-state index in [1.807, 2.05) is 0 Å². The predicted molar refractivity (Wildman–Crippen MR) is 65.6 cm³/mol. The Bertz CT molecular complexity index is 494. The van der Waals surface area contributed by atoms with E-state index in [-0.39, 0.29) is 22.6 Å². The van der Waals surface area contributed by atoms with Gasteiger partial charge in [-0.3, -0.25) is 14.9 Å². The summed E-state index contributed by atoms with van der Waals surface area (Å²) >= 11 is 5.69. The summed E-state index contributed by atoms with van der Waals surface area (Å²) < 4.78 is 0. The van der Waals surface area contributed by atoms with Crippen LogP contribution in [0.1, 0.15) is 12.8 Å². The van der Waals surface area contributed by atoms with E-state index in [0.717, 1.165) is 12.5 Å². The summed E-state index contributed by atoms with van der Waals surface area (Å²) in [5.74, 6) is 0.0990. The third-order valence-electron chi connectivity index (χ3n) is 2.60. The molecule has 0 aromatic carbocycles. The Morgan fingerprint density at radius 2 is 2.33 bits per heavy atom. The summed E-state index contributed by atoms with van der Waals surface area (Å²) in [5.41, 5.74) is -0.159. The van der Waals surface area contributed by atoms with Crippen LogP contribution in [0.25, 0.3) is 0 Å². The first-order valence-corrected chi connectivity index (χ1v) is 5.80. The molecule has 7 nitrogen and oxygen atoms in total. The molecule has 2 heterocycles. The number of nitrogens with zero attached hydrogens (tertiary/aromatic N) is 2. The number of halogens is 1. The quantitative estimate of drug-likeness (QED) is 0.491. The third-order valence-corrected chi connectivity index (χ3v) is 2.79. The minimum Gasteiger partial charge on any atom is -0.358 e. The van der Waals surface area contributed by atoms with Gasteiger partial charge in [0.15, 0.2) is 0 Å². The van der Waals surface area contributed by atoms with Crippen molar-refractivity contribution in [1.29, 1.82) is 0 Å². The summed E-state index contributed by atoms with van der Waals surface area (Å²) in [6.45, 7) is 0.653. The van der Waals surface area contributed by atoms with E-state index >= 15 is 0 Å². The zero-order valence-electron chi connectivity index (χ0n) is 9.35. The lowest BCUT2D eigenvalue weighted by Crippen LogP contribution is -2.44. The van der Waals surface area contributed by atoms with Gasteiger partial charge < -0.3 is 10.6 Å². The lowest BCUT2D eigenvalue weighted by Gasteiger charge is -2.23. The average molecular weight is 271 g/mol. The molecule has 1 aromatic heterocycles. The molecule has 2 rings (SSSR count). The lowest BCUT2D eigenvalue weighted by molar-refractivity contribution is -0.384. The molecule has 1 saturated heterocycles. The fraction of sp³-hybridized carbons (Fsp3) is 0.400. The van der Waals surface area contributed by atoms with E-state index in [1.165, 1.54) is 6.07 Å². The maximum Gasteiger partial charge on any atom is 0.276 e. The SMILES string of the molecule is O=C1NCCCC1Nc1cc([N+](=O)[O-])cc(Cl)n1. The number of anilines is 1. The van der Waals surface area contributed by atoms with E-state index in [1.54, 1.807) is 0 Å². The maximum atomic E-state index is 11.5. The highest BCUT2D eigenvalue weighted by Crippen LogP contribution is 2.21. The molecule has 1 atom stereocenters. The molecule has 0 bridgehead atoms. The second kappa shape index (κ2) is 5.18. The van der Waals surface area contributed by atoms with Crippen LogP contribution in [0.2, 0.25) is 5.15 Å². The van der Waals surface area contributed by atoms with Gasteiger partial charge in [0.05, 0.1) is 17.1 Å². The van der Waals surface area contributed by atoms with Gasteiger partial charge in [0.2, 0.25) is 5.91 Å². The number of nitro groups is 1. The summed E-state index contributed by atoms with van der Waals surface area (Å²) in [5, 5.41) is 16.3. The largest absolute Gasteiger partial charge is 0.358 e. The summed E-state index contributed by atoms with van der Waals surface area (Å²) in [4.78, 5) is 25.6. The van der Waals surface area contributed by atoms with Crippen molar-refractivity contribution in [3.8, 4) is 0 Å². The first-order chi connectivity index (χ1) is 8.56. The zero-order valence-corrected chi connectivity index (χ0v) is 10.1. The Hall–Kier alpha value is -1.89. The molecule has 8 heteroatoms. The Kier molecular flexibility index (Phi) is 3.61. The zero-order chi connectivity index (χ0) is 13.1. The van der Waals surface area contributed by atoms with Gasteiger partial charge in [0.25, 0.3) is 5.69 Å². The van der Waals surface area contributed by atoms with Gasteiger partial charge in [0.1, 0.15) is 17.0 Å². The van der Waals surface area contributed by atoms with Gasteiger partial charge in [-0.2, -0.15) is 0 Å². The second-order valence-corrected chi connectivity index (χ2v) is 4.31. The van der Waals surface area contributed by atoms with E-state index in [2.05, 4.69) is 15.6 Å². The number of amides is 1. The number of carbonyl (C=O) groups is 1. The van der Waals surface area contributed by atoms with E-state index < -0.39 is 11.0 Å². The number of hydrogen-bond acceptors (Lipinski definition) is 5. The number of aromatic nitrogens is 1. The average Bonchev–Trinajstić information content (AvgIpc) is 2.31. The van der Waals surface area contributed by atoms with Crippen LogP contribution in [-0.4, -0.2) is 28.4 Å². The monoisotopic (exact) mass is 270 g/mol. The minimum absolute atomic E-state index is 0.0166. The molecule has 1 fully saturated rings. The van der Waals surface area contributed by atoms with Crippen molar-refractivity contribution < 1.29 is 9.72 Å². The van der Waals surface area contributed by atoms with Gasteiger partial charge in [-0.15, -0.1) is 0 Å². The first kappa shape index (κ1) is 12.6. The number of pyridine rings is 1. The number of hydrogen-bond donors (Lipinski definition) is 2. The molecule has 1 aromatic rings. The van der Waals surface area contributed by atoms with Crippen molar-refractivity contribution >= 4 is 29.0 Å². The van der Waals surface area contributed by atoms with Crippen molar-refractivity contribution in [3.63, 3.8) is 0 Å². The molecule has 1 aliphatic heterocycles. The van der Waals surface area contributed by atoms with E-state index in [4.69, 9.17) is 11.6 Å². The Balaban J connectivity index is 2.17. The molecule has 1 amide bonds. The molecule has 2 N–H and O–H groups in total. The standard InChI is InChI=1S/C10H11ClN4O3/c11-8-4-6(15(17)18)5-9(14-8)13-7-2-1-3-12-10(7)16/h4-5,7H,1-3H2,(H,12,16)(H,13,14). The summed E-state index contributed by atoms with van der Waals surface area (Å²) in [7, 11) is 0. The first-order valence-electron chi connectivity index (χ1n) is 5.42. The number of rotatable bonds is 3. The fourth-order valence-corrected chi connectivity index (χ4v) is 1.95. The van der Waals surface area contributed by atoms with Crippen LogP contribution in [0.15, 0.2) is 12.1 Å². The molecular formula is C10H11ClN4O3. The Labute approximate surface area is 108 Å². The molecule has 18 heavy (non-hydrogen) atoms. The molecule has 0 aliphatic carbocycles. The predicted octanol–water partition coefficient (Wildman–Crippen LogP) is 1.33. The molecule has 96 valence electrons. The van der Waals surface area contributed by atoms with Crippen molar-refractivity contribution in [2.24, 2.45) is 0 Å². The van der Waals surface area contributed by atoms with Crippen molar-refractivity contribution in [2.45, 2.75) is 18.9 Å². The number of nitrogens with one attached hydrogen (secondary N) is 2. The highest BCUT2D eigenvalue weighted by Gasteiger charge is 2.22. The fourth-order valence-electron chi connectivity index (χ4n) is 1.75. The maximum absolute atomic E-state index is 11.5. The van der Waals surface area contributed by atoms with Crippen LogP contribution in [0.5, 0.6) is 0 Å². The number of piperidine rings is 1. The van der Waals surface area contributed by atoms with Crippen molar-refractivity contribution in [3.05, 3.63) is 27.4 Å². The van der Waals surface area contributed by atoms with E-state index in [0.29, 0.717) is 13.0 Å². The highest BCUT2D eigenvalue weighted by molar-refractivity contribution is 6.29. The molecule has 1 aliphatic rings. The van der Waals surface area contributed by atoms with Crippen LogP contribution >= 0.6 is 11.6 Å². The van der Waals surface area contributed by atoms with Crippen LogP contribution in [-0.2, 0) is 4.79 Å². The normalized spacial score (nSPS) is 19.2. The molecular weight excluding hydrogens is 260 g/mol. The number of carbonyl (C=O) groups excluding carboxylic acids is 1. The van der Waals surface area contributed by atoms with Crippen molar-refractivity contribution in [1.82, 2.24) is 10.3 Å². The lowest BCUT2D eigenvalue weighted by atomic mass is 10.1. The third kappa shape index (κ3) is 2.86. The topological polar surface area (TPSA) is 97.2 Å². The van der Waals surface area contributed by atoms with Crippen LogP contribution in [0.3, 0.4) is 0 Å². The van der Waals surface area contributed by atoms with Gasteiger partial charge >= 0.3 is 0 Å². The van der Waals surface area contributed by atoms with Crippen LogP contribution < -0.4 is 10.6 Å². The summed E-state index contributed by atoms with van der Waals surface area (Å²) in [6.07, 6.45) is 1.51. The molecule has 0 saturated carbocycles. The van der Waals surface area contributed by atoms with Crippen LogP contribution in [0, 0.1) is 10.1 Å². The van der Waals surface area contributed by atoms with Gasteiger partial charge in [-0.25, -0.2) is 4.98 Å². The molecule has 0 radical (unpaired) electrons. The Morgan fingerprint density at radius 3 is 3.00 bits per heavy atom. The summed E-state index contributed by atoms with van der Waals surface area (Å²) in [6, 6.07) is 1.99. The van der Waals surface area contributed by atoms with Gasteiger partial charge in [-0.05, 0) is 12.8 Å². The van der Waals surface area contributed by atoms with Gasteiger partial charge in [0, 0.05) is 6.54 Å². The molecule has 1 unspecified atom stereocenters. The van der Waals surface area contributed by atoms with Crippen molar-refractivity contribution in [2.75, 3.05) is 11.9 Å². The van der Waals surface area contributed by atoms with Crippen LogP contribution in [0.4, 0.5) is 11.5 Å². The smallest absolute Gasteiger partial charge is 0.276 e. The second-order valence-electron chi connectivity index (χ2n) is 3.92. The van der Waals surface area contributed by atoms with E-state index in [9.17, 15) is 14.9 Å². The Morgan fingerprint density at radius 1 is 1.56 bits per heavy atom.